The van der Waals surface area contributed by atoms with Crippen LogP contribution >= 0.6 is 23.5 Å². The molecule has 0 amide bonds. The van der Waals surface area contributed by atoms with Crippen LogP contribution in [0.4, 0.5) is 0 Å². The van der Waals surface area contributed by atoms with Crippen molar-refractivity contribution in [1.29, 1.82) is 0 Å². The van der Waals surface area contributed by atoms with Crippen LogP contribution in [-0.2, 0) is 19.1 Å². The van der Waals surface area contributed by atoms with Gasteiger partial charge in [0.05, 0.1) is 5.25 Å². The summed E-state index contributed by atoms with van der Waals surface area (Å²) in [5.41, 5.74) is 0.993. The maximum absolute atomic E-state index is 11.6. The number of aliphatic hydroxyl groups is 8. The summed E-state index contributed by atoms with van der Waals surface area (Å²) in [5.74, 6) is -3.41. The topological polar surface area (TPSA) is 255 Å². The number of aliphatic hydroxyl groups excluding tert-OH is 6. The number of ether oxygens (including phenoxy) is 2. The van der Waals surface area contributed by atoms with Gasteiger partial charge in [-0.25, -0.2) is 9.59 Å². The minimum atomic E-state index is -2.79. The molecule has 2 aromatic rings. The van der Waals surface area contributed by atoms with Gasteiger partial charge >= 0.3 is 11.9 Å². The van der Waals surface area contributed by atoms with E-state index in [1.165, 1.54) is 6.08 Å². The normalized spacial score (nSPS) is 40.7. The molecule has 1 unspecified atom stereocenters. The van der Waals surface area contributed by atoms with E-state index in [4.69, 9.17) is 9.47 Å². The Morgan fingerprint density at radius 1 is 0.732 bits per heavy atom. The number of carboxylic acids is 2. The Kier molecular flexibility index (Phi) is 7.90. The molecule has 0 spiro atoms. The SMILES string of the molecule is O=C(O)[C@H]1O[C@@](O)(SC2=CC(S[C@]3(O)O[C@H](C(=O)O)[C@@H](O)[C@H](O)[C@H]3O)c3cccc4cccc2c34)[C@H](O)[C@@H](O)[C@@H]1O. The van der Waals surface area contributed by atoms with Crippen molar-refractivity contribution >= 4 is 51.1 Å². The molecule has 41 heavy (non-hydrogen) atoms. The quantitative estimate of drug-likeness (QED) is 0.160. The molecule has 0 aromatic heterocycles. The summed E-state index contributed by atoms with van der Waals surface area (Å²) in [5, 5.41) is 97.9. The van der Waals surface area contributed by atoms with E-state index in [1.807, 2.05) is 0 Å². The van der Waals surface area contributed by atoms with E-state index in [1.54, 1.807) is 36.4 Å². The molecule has 0 saturated carbocycles. The highest BCUT2D eigenvalue weighted by atomic mass is 32.2. The molecule has 2 fully saturated rings. The molecule has 14 nitrogen and oxygen atoms in total. The van der Waals surface area contributed by atoms with Crippen molar-refractivity contribution in [3.05, 3.63) is 53.6 Å². The number of hydrogen-bond donors (Lipinski definition) is 10. The largest absolute Gasteiger partial charge is 0.479 e. The van der Waals surface area contributed by atoms with Gasteiger partial charge in [-0.1, -0.05) is 66.0 Å². The second kappa shape index (κ2) is 10.7. The highest BCUT2D eigenvalue weighted by Crippen LogP contribution is 2.54. The number of aliphatic carboxylic acids is 2. The van der Waals surface area contributed by atoms with E-state index in [0.717, 1.165) is 0 Å². The number of carboxylic acid groups (broad SMARTS) is 2. The molecule has 10 N–H and O–H groups in total. The average Bonchev–Trinajstić information content (AvgIpc) is 2.93. The Bertz CT molecular complexity index is 1400. The summed E-state index contributed by atoms with van der Waals surface area (Å²) in [6.07, 6.45) is -15.4. The van der Waals surface area contributed by atoms with Crippen molar-refractivity contribution in [3.63, 3.8) is 0 Å². The first kappa shape index (κ1) is 30.1. The van der Waals surface area contributed by atoms with Crippen molar-refractivity contribution in [2.75, 3.05) is 0 Å². The summed E-state index contributed by atoms with van der Waals surface area (Å²) in [4.78, 5) is 23.4. The lowest BCUT2D eigenvalue weighted by Crippen LogP contribution is -2.65. The molecule has 2 saturated heterocycles. The van der Waals surface area contributed by atoms with E-state index < -0.39 is 76.3 Å². The molecular formula is C25H26O14S2. The number of rotatable bonds is 6. The van der Waals surface area contributed by atoms with Crippen molar-refractivity contribution in [2.45, 2.75) is 64.3 Å². The standard InChI is InChI=1S/C25H26O14S2/c26-14-16(28)20(30)24(36,38-18(14)22(32)33)40-11-7-12(10-6-2-4-8-3-1-5-9(11)13(8)10)41-25(37)21(31)17(29)15(27)19(39-25)23(34)35/h1-7,11,14-21,26-31,36-37H,(H,32,33)(H,34,35)/t11?,14-,15-,16-,17-,18-,19-,20+,21+,24+,25+/m0/s1. The van der Waals surface area contributed by atoms with Crippen LogP contribution in [-0.4, -0.2) is 122 Å². The molecule has 2 aromatic carbocycles. The Labute approximate surface area is 239 Å². The Morgan fingerprint density at radius 3 is 1.80 bits per heavy atom. The summed E-state index contributed by atoms with van der Waals surface area (Å²) >= 11 is 0.894. The van der Waals surface area contributed by atoms with Gasteiger partial charge in [-0.05, 0) is 21.9 Å². The third-order valence-corrected chi connectivity index (χ3v) is 9.68. The molecule has 0 bridgehead atoms. The second-order valence-electron chi connectivity index (χ2n) is 9.79. The van der Waals surface area contributed by atoms with Gasteiger partial charge in [-0.2, -0.15) is 0 Å². The molecule has 1 aliphatic carbocycles. The fourth-order valence-corrected chi connectivity index (χ4v) is 7.66. The summed E-state index contributed by atoms with van der Waals surface area (Å²) in [6, 6.07) is 10.2. The molecular weight excluding hydrogens is 588 g/mol. The third kappa shape index (κ3) is 5.03. The third-order valence-electron chi connectivity index (χ3n) is 7.16. The second-order valence-corrected chi connectivity index (χ2v) is 12.3. The van der Waals surface area contributed by atoms with E-state index in [2.05, 4.69) is 0 Å². The fraction of sp³-hybridized carbons (Fsp3) is 0.440. The Hall–Kier alpha value is -2.32. The van der Waals surface area contributed by atoms with Crippen molar-refractivity contribution in [1.82, 2.24) is 0 Å². The smallest absolute Gasteiger partial charge is 0.335 e. The zero-order valence-corrected chi connectivity index (χ0v) is 22.3. The van der Waals surface area contributed by atoms with Crippen LogP contribution in [0.5, 0.6) is 0 Å². The fourth-order valence-electron chi connectivity index (χ4n) is 5.04. The van der Waals surface area contributed by atoms with Gasteiger partial charge in [0.25, 0.3) is 5.12 Å². The number of carbonyl (C=O) groups is 2. The predicted molar refractivity (Wildman–Crippen MR) is 141 cm³/mol. The van der Waals surface area contributed by atoms with Gasteiger partial charge in [0, 0.05) is 4.91 Å². The van der Waals surface area contributed by atoms with Crippen LogP contribution in [0.25, 0.3) is 15.7 Å². The Morgan fingerprint density at radius 2 is 1.24 bits per heavy atom. The van der Waals surface area contributed by atoms with Crippen LogP contribution in [0.3, 0.4) is 0 Å². The van der Waals surface area contributed by atoms with E-state index in [-0.39, 0.29) is 4.91 Å². The first-order valence-corrected chi connectivity index (χ1v) is 13.8. The van der Waals surface area contributed by atoms with Crippen LogP contribution in [0.2, 0.25) is 0 Å². The number of hydrogen-bond acceptors (Lipinski definition) is 14. The lowest BCUT2D eigenvalue weighted by Gasteiger charge is -2.45. The van der Waals surface area contributed by atoms with Gasteiger partial charge in [-0.3, -0.25) is 0 Å². The van der Waals surface area contributed by atoms with E-state index in [0.29, 0.717) is 45.4 Å². The molecule has 11 atom stereocenters. The maximum Gasteiger partial charge on any atom is 0.335 e. The average molecular weight is 615 g/mol. The Balaban J connectivity index is 1.57. The molecule has 5 rings (SSSR count). The molecule has 3 aliphatic rings. The van der Waals surface area contributed by atoms with Gasteiger partial charge in [-0.15, -0.1) is 0 Å². The highest BCUT2D eigenvalue weighted by Gasteiger charge is 2.58. The molecule has 16 heteroatoms. The minimum absolute atomic E-state index is 0.144. The zero-order chi connectivity index (χ0) is 30.0. The molecule has 222 valence electrons. The van der Waals surface area contributed by atoms with Crippen molar-refractivity contribution < 1.29 is 70.1 Å². The van der Waals surface area contributed by atoms with E-state index in [9.17, 15) is 60.7 Å². The molecule has 0 radical (unpaired) electrons. The van der Waals surface area contributed by atoms with E-state index >= 15 is 0 Å². The minimum Gasteiger partial charge on any atom is -0.479 e. The van der Waals surface area contributed by atoms with Crippen molar-refractivity contribution in [3.8, 4) is 0 Å². The van der Waals surface area contributed by atoms with Gasteiger partial charge in [0.15, 0.2) is 12.2 Å². The lowest BCUT2D eigenvalue weighted by atomic mass is 9.92. The van der Waals surface area contributed by atoms with Crippen LogP contribution in [0.1, 0.15) is 16.4 Å². The summed E-state index contributed by atoms with van der Waals surface area (Å²) in [7, 11) is 0. The van der Waals surface area contributed by atoms with Gasteiger partial charge in [0.2, 0.25) is 5.12 Å². The first-order valence-electron chi connectivity index (χ1n) is 12.1. The van der Waals surface area contributed by atoms with Crippen LogP contribution < -0.4 is 0 Å². The monoisotopic (exact) mass is 614 g/mol. The van der Waals surface area contributed by atoms with Crippen molar-refractivity contribution in [2.24, 2.45) is 0 Å². The number of thioether (sulfide) groups is 2. The zero-order valence-electron chi connectivity index (χ0n) is 20.7. The van der Waals surface area contributed by atoms with Crippen LogP contribution in [0.15, 0.2) is 42.5 Å². The lowest BCUT2D eigenvalue weighted by molar-refractivity contribution is -0.298. The highest BCUT2D eigenvalue weighted by molar-refractivity contribution is 8.09. The van der Waals surface area contributed by atoms with Gasteiger partial charge < -0.3 is 60.5 Å². The van der Waals surface area contributed by atoms with Crippen LogP contribution in [0, 0.1) is 0 Å². The number of benzene rings is 2. The summed E-state index contributed by atoms with van der Waals surface area (Å²) < 4.78 is 10.4. The summed E-state index contributed by atoms with van der Waals surface area (Å²) in [6.45, 7) is 0. The molecule has 2 heterocycles. The maximum atomic E-state index is 11.6. The van der Waals surface area contributed by atoms with Gasteiger partial charge in [0.1, 0.15) is 36.6 Å². The predicted octanol–water partition coefficient (Wildman–Crippen LogP) is -1.87. The first-order chi connectivity index (χ1) is 19.2. The molecule has 2 aliphatic heterocycles.